The van der Waals surface area contributed by atoms with Crippen molar-refractivity contribution in [1.29, 1.82) is 0 Å². The molecule has 0 fully saturated rings. The zero-order valence-corrected chi connectivity index (χ0v) is 8.73. The Bertz CT molecular complexity index is 367. The van der Waals surface area contributed by atoms with Gasteiger partial charge in [-0.25, -0.2) is 0 Å². The summed E-state index contributed by atoms with van der Waals surface area (Å²) < 4.78 is 4.94. The Morgan fingerprint density at radius 3 is 2.62 bits per heavy atom. The van der Waals surface area contributed by atoms with E-state index in [2.05, 4.69) is 40.8 Å². The lowest BCUT2D eigenvalue weighted by Crippen LogP contribution is -1.71. The number of benzene rings is 1. The van der Waals surface area contributed by atoms with Crippen LogP contribution in [-0.4, -0.2) is 9.59 Å². The van der Waals surface area contributed by atoms with Gasteiger partial charge in [-0.2, -0.15) is 0 Å². The van der Waals surface area contributed by atoms with Crippen molar-refractivity contribution in [2.45, 2.75) is 16.0 Å². The van der Waals surface area contributed by atoms with E-state index in [1.807, 2.05) is 0 Å². The summed E-state index contributed by atoms with van der Waals surface area (Å²) in [6.07, 6.45) is 1.79. The first-order valence-electron chi connectivity index (χ1n) is 3.86. The van der Waals surface area contributed by atoms with E-state index in [1.54, 1.807) is 18.0 Å². The van der Waals surface area contributed by atoms with Gasteiger partial charge in [-0.1, -0.05) is 33.9 Å². The highest BCUT2D eigenvalue weighted by molar-refractivity contribution is 8.01. The molecule has 4 heteroatoms. The van der Waals surface area contributed by atoms with Crippen LogP contribution in [0.25, 0.3) is 0 Å². The van der Waals surface area contributed by atoms with Crippen LogP contribution in [0.2, 0.25) is 0 Å². The Balaban J connectivity index is 2.15. The molecule has 2 nitrogen and oxygen atoms in total. The molecular formula is C9H8N2S2. The number of rotatable bonds is 2. The minimum Gasteiger partial charge on any atom is -0.145 e. The molecule has 0 amide bonds. The number of aromatic nitrogens is 2. The molecule has 1 heterocycles. The molecule has 2 aromatic rings. The predicted octanol–water partition coefficient (Wildman–Crippen LogP) is 3.00. The summed E-state index contributed by atoms with van der Waals surface area (Å²) in [5.74, 6) is 0. The summed E-state index contributed by atoms with van der Waals surface area (Å²) in [7, 11) is 0. The fourth-order valence-electron chi connectivity index (χ4n) is 0.926. The fraction of sp³-hybridized carbons (Fsp3) is 0.111. The van der Waals surface area contributed by atoms with E-state index in [-0.39, 0.29) is 0 Å². The lowest BCUT2D eigenvalue weighted by atomic mass is 10.2. The first kappa shape index (κ1) is 8.72. The molecule has 0 radical (unpaired) electrons. The lowest BCUT2D eigenvalue weighted by Gasteiger charge is -1.97. The molecule has 0 saturated heterocycles. The minimum absolute atomic E-state index is 1.13. The normalized spacial score (nSPS) is 10.2. The Hall–Kier alpha value is -0.870. The van der Waals surface area contributed by atoms with Gasteiger partial charge in [0.25, 0.3) is 0 Å². The lowest BCUT2D eigenvalue weighted by molar-refractivity contribution is 1.15. The van der Waals surface area contributed by atoms with E-state index < -0.39 is 0 Å². The summed E-state index contributed by atoms with van der Waals surface area (Å²) in [6, 6.07) is 8.44. The van der Waals surface area contributed by atoms with Gasteiger partial charge >= 0.3 is 0 Å². The highest BCUT2D eigenvalue weighted by Crippen LogP contribution is 2.28. The van der Waals surface area contributed by atoms with Gasteiger partial charge in [0.2, 0.25) is 0 Å². The number of hydrogen-bond donors (Lipinski definition) is 0. The molecule has 0 saturated carbocycles. The van der Waals surface area contributed by atoms with Crippen LogP contribution in [0.5, 0.6) is 0 Å². The van der Waals surface area contributed by atoms with Crippen molar-refractivity contribution in [3.05, 3.63) is 36.0 Å². The Labute approximate surface area is 85.2 Å². The summed E-state index contributed by atoms with van der Waals surface area (Å²) >= 11 is 3.12. The van der Waals surface area contributed by atoms with Gasteiger partial charge in [0, 0.05) is 4.90 Å². The summed E-state index contributed by atoms with van der Waals surface area (Å²) in [5.41, 5.74) is 1.28. The third-order valence-corrected chi connectivity index (χ3v) is 3.33. The zero-order valence-electron chi connectivity index (χ0n) is 7.10. The van der Waals surface area contributed by atoms with Gasteiger partial charge in [0.05, 0.1) is 6.20 Å². The third kappa shape index (κ3) is 2.29. The van der Waals surface area contributed by atoms with Crippen molar-refractivity contribution in [2.24, 2.45) is 0 Å². The molecule has 2 rings (SSSR count). The van der Waals surface area contributed by atoms with Crippen LogP contribution in [0.3, 0.4) is 0 Å². The number of nitrogens with zero attached hydrogens (tertiary/aromatic N) is 2. The van der Waals surface area contributed by atoms with E-state index in [1.165, 1.54) is 22.0 Å². The first-order chi connectivity index (χ1) is 6.34. The van der Waals surface area contributed by atoms with Gasteiger partial charge in [-0.15, -0.1) is 5.10 Å². The molecule has 0 aliphatic carbocycles. The maximum atomic E-state index is 3.81. The van der Waals surface area contributed by atoms with Crippen molar-refractivity contribution < 1.29 is 0 Å². The van der Waals surface area contributed by atoms with Crippen LogP contribution in [-0.2, 0) is 0 Å². The largest absolute Gasteiger partial charge is 0.145 e. The van der Waals surface area contributed by atoms with E-state index in [4.69, 9.17) is 0 Å². The minimum atomic E-state index is 1.13. The predicted molar refractivity (Wildman–Crippen MR) is 55.2 cm³/mol. The summed E-state index contributed by atoms with van der Waals surface area (Å²) in [4.78, 5) is 1.23. The molecule has 1 aromatic heterocycles. The first-order valence-corrected chi connectivity index (χ1v) is 5.45. The van der Waals surface area contributed by atoms with Crippen molar-refractivity contribution in [2.75, 3.05) is 0 Å². The van der Waals surface area contributed by atoms with Crippen LogP contribution in [0.4, 0.5) is 0 Å². The van der Waals surface area contributed by atoms with E-state index >= 15 is 0 Å². The maximum absolute atomic E-state index is 3.81. The molecule has 0 spiro atoms. The summed E-state index contributed by atoms with van der Waals surface area (Å²) in [5, 5.41) is 3.78. The molecule has 0 unspecified atom stereocenters. The quantitative estimate of drug-likeness (QED) is 0.758. The second-order valence-electron chi connectivity index (χ2n) is 2.65. The Morgan fingerprint density at radius 2 is 2.00 bits per heavy atom. The topological polar surface area (TPSA) is 25.8 Å². The third-order valence-electron chi connectivity index (χ3n) is 1.58. The average Bonchev–Trinajstić information content (AvgIpc) is 2.62. The van der Waals surface area contributed by atoms with Gasteiger partial charge in [-0.05, 0) is 30.6 Å². The number of hydrogen-bond acceptors (Lipinski definition) is 4. The van der Waals surface area contributed by atoms with Crippen LogP contribution in [0.15, 0.2) is 39.6 Å². The summed E-state index contributed by atoms with van der Waals surface area (Å²) in [6.45, 7) is 2.09. The van der Waals surface area contributed by atoms with Gasteiger partial charge < -0.3 is 0 Å². The second kappa shape index (κ2) is 3.89. The molecule has 66 valence electrons. The van der Waals surface area contributed by atoms with Gasteiger partial charge in [-0.3, -0.25) is 0 Å². The molecule has 0 atom stereocenters. The average molecular weight is 208 g/mol. The van der Waals surface area contributed by atoms with Crippen LogP contribution >= 0.6 is 23.3 Å². The molecule has 13 heavy (non-hydrogen) atoms. The van der Waals surface area contributed by atoms with Gasteiger partial charge in [0.15, 0.2) is 0 Å². The van der Waals surface area contributed by atoms with Crippen molar-refractivity contribution in [3.63, 3.8) is 0 Å². The van der Waals surface area contributed by atoms with Crippen LogP contribution < -0.4 is 0 Å². The van der Waals surface area contributed by atoms with E-state index in [0.29, 0.717) is 0 Å². The van der Waals surface area contributed by atoms with Gasteiger partial charge in [0.1, 0.15) is 4.21 Å². The van der Waals surface area contributed by atoms with E-state index in [9.17, 15) is 0 Å². The molecular weight excluding hydrogens is 200 g/mol. The molecule has 0 bridgehead atoms. The SMILES string of the molecule is Cc1ccc(Sc2cnns2)cc1. The standard InChI is InChI=1S/C9H8N2S2/c1-7-2-4-8(5-3-7)12-9-6-10-11-13-9/h2-6H,1H3. The highest BCUT2D eigenvalue weighted by Gasteiger charge is 1.98. The maximum Gasteiger partial charge on any atom is 0.106 e. The number of aryl methyl sites for hydroxylation is 1. The molecule has 0 aliphatic rings. The smallest absolute Gasteiger partial charge is 0.106 e. The molecule has 1 aromatic carbocycles. The highest BCUT2D eigenvalue weighted by atomic mass is 32.2. The van der Waals surface area contributed by atoms with Crippen LogP contribution in [0, 0.1) is 6.92 Å². The molecule has 0 N–H and O–H groups in total. The zero-order chi connectivity index (χ0) is 9.10. The van der Waals surface area contributed by atoms with Crippen molar-refractivity contribution in [3.8, 4) is 0 Å². The monoisotopic (exact) mass is 208 g/mol. The Kier molecular flexibility index (Phi) is 2.61. The van der Waals surface area contributed by atoms with Crippen LogP contribution in [0.1, 0.15) is 5.56 Å². The van der Waals surface area contributed by atoms with Crippen molar-refractivity contribution in [1.82, 2.24) is 9.59 Å². The fourth-order valence-corrected chi connectivity index (χ4v) is 2.34. The van der Waals surface area contributed by atoms with Crippen molar-refractivity contribution >= 4 is 23.3 Å². The second-order valence-corrected chi connectivity index (χ2v) is 4.81. The van der Waals surface area contributed by atoms with E-state index in [0.717, 1.165) is 4.21 Å². The Morgan fingerprint density at radius 1 is 1.23 bits per heavy atom. The molecule has 0 aliphatic heterocycles.